The first-order valence-electron chi connectivity index (χ1n) is 7.11. The van der Waals surface area contributed by atoms with E-state index in [4.69, 9.17) is 10.5 Å². The van der Waals surface area contributed by atoms with Gasteiger partial charge in [-0.05, 0) is 25.0 Å². The molecule has 6 heteroatoms. The fourth-order valence-electron chi connectivity index (χ4n) is 1.63. The van der Waals surface area contributed by atoms with Gasteiger partial charge in [0, 0.05) is 12.6 Å². The maximum atomic E-state index is 13.1. The molecule has 0 spiro atoms. The summed E-state index contributed by atoms with van der Waals surface area (Å²) in [7, 11) is 0. The highest BCUT2D eigenvalue weighted by molar-refractivity contribution is 14.0. The van der Waals surface area contributed by atoms with Gasteiger partial charge in [-0.2, -0.15) is 0 Å². The van der Waals surface area contributed by atoms with Crippen LogP contribution in [0.4, 0.5) is 4.39 Å². The van der Waals surface area contributed by atoms with Crippen LogP contribution >= 0.6 is 24.0 Å². The number of hydrogen-bond donors (Lipinski definition) is 2. The van der Waals surface area contributed by atoms with Crippen LogP contribution in [0.5, 0.6) is 5.75 Å². The number of ether oxygens (including phenoxy) is 1. The summed E-state index contributed by atoms with van der Waals surface area (Å²) in [4.78, 5) is 4.25. The van der Waals surface area contributed by atoms with Gasteiger partial charge in [0.05, 0.1) is 6.54 Å². The molecule has 4 nitrogen and oxygen atoms in total. The SMILES string of the molecule is CCCCNC(N)=NCC(CC)Oc1cccc(F)c1.I. The van der Waals surface area contributed by atoms with E-state index in [1.165, 1.54) is 12.1 Å². The van der Waals surface area contributed by atoms with Gasteiger partial charge >= 0.3 is 0 Å². The van der Waals surface area contributed by atoms with E-state index in [2.05, 4.69) is 17.2 Å². The minimum Gasteiger partial charge on any atom is -0.488 e. The number of unbranched alkanes of at least 4 members (excludes halogenated alkanes) is 1. The normalized spacial score (nSPS) is 12.4. The molecule has 0 aromatic heterocycles. The van der Waals surface area contributed by atoms with Crippen LogP contribution in [0.15, 0.2) is 29.3 Å². The third kappa shape index (κ3) is 8.75. The number of rotatable bonds is 8. The Morgan fingerprint density at radius 2 is 2.19 bits per heavy atom. The van der Waals surface area contributed by atoms with E-state index in [1.54, 1.807) is 12.1 Å². The molecule has 0 aliphatic carbocycles. The van der Waals surface area contributed by atoms with E-state index < -0.39 is 0 Å². The third-order valence-electron chi connectivity index (χ3n) is 2.86. The molecule has 3 N–H and O–H groups in total. The molecule has 21 heavy (non-hydrogen) atoms. The summed E-state index contributed by atoms with van der Waals surface area (Å²) in [6.45, 7) is 5.40. The van der Waals surface area contributed by atoms with Gasteiger partial charge < -0.3 is 15.8 Å². The molecule has 0 fully saturated rings. The fourth-order valence-corrected chi connectivity index (χ4v) is 1.63. The number of nitrogens with one attached hydrogen (secondary N) is 1. The Bertz CT molecular complexity index is 429. The van der Waals surface area contributed by atoms with Crippen LogP contribution in [-0.4, -0.2) is 25.2 Å². The lowest BCUT2D eigenvalue weighted by molar-refractivity contribution is 0.205. The van der Waals surface area contributed by atoms with Gasteiger partial charge in [0.1, 0.15) is 17.7 Å². The van der Waals surface area contributed by atoms with Gasteiger partial charge in [-0.3, -0.25) is 0 Å². The molecule has 0 radical (unpaired) electrons. The number of nitrogens with zero attached hydrogens (tertiary/aromatic N) is 1. The predicted octanol–water partition coefficient (Wildman–Crippen LogP) is 3.31. The van der Waals surface area contributed by atoms with E-state index >= 15 is 0 Å². The Morgan fingerprint density at radius 3 is 2.81 bits per heavy atom. The van der Waals surface area contributed by atoms with Crippen molar-refractivity contribution in [2.75, 3.05) is 13.1 Å². The average Bonchev–Trinajstić information content (AvgIpc) is 2.43. The van der Waals surface area contributed by atoms with Crippen LogP contribution in [0.1, 0.15) is 33.1 Å². The molecule has 1 atom stereocenters. The molecule has 0 aliphatic heterocycles. The second kappa shape index (κ2) is 11.6. The highest BCUT2D eigenvalue weighted by atomic mass is 127. The first kappa shape index (κ1) is 19.9. The number of hydrogen-bond acceptors (Lipinski definition) is 2. The molecule has 0 saturated carbocycles. The summed E-state index contributed by atoms with van der Waals surface area (Å²) < 4.78 is 18.8. The summed E-state index contributed by atoms with van der Waals surface area (Å²) in [6, 6.07) is 6.12. The molecule has 0 aliphatic rings. The quantitative estimate of drug-likeness (QED) is 0.300. The lowest BCUT2D eigenvalue weighted by Gasteiger charge is -2.16. The van der Waals surface area contributed by atoms with Crippen LogP contribution in [-0.2, 0) is 0 Å². The van der Waals surface area contributed by atoms with E-state index in [0.717, 1.165) is 25.8 Å². The predicted molar refractivity (Wildman–Crippen MR) is 95.9 cm³/mol. The Hall–Kier alpha value is -1.05. The topological polar surface area (TPSA) is 59.6 Å². The zero-order chi connectivity index (χ0) is 14.8. The lowest BCUT2D eigenvalue weighted by Crippen LogP contribution is -2.33. The Balaban J connectivity index is 0.00000400. The maximum Gasteiger partial charge on any atom is 0.188 e. The highest BCUT2D eigenvalue weighted by Crippen LogP contribution is 2.15. The third-order valence-corrected chi connectivity index (χ3v) is 2.86. The van der Waals surface area contributed by atoms with Crippen molar-refractivity contribution in [2.45, 2.75) is 39.2 Å². The number of guanidine groups is 1. The van der Waals surface area contributed by atoms with Crippen LogP contribution in [0, 0.1) is 5.82 Å². The minimum atomic E-state index is -0.304. The highest BCUT2D eigenvalue weighted by Gasteiger charge is 2.08. The standard InChI is InChI=1S/C15H24FN3O.HI/c1-3-5-9-18-15(17)19-11-13(4-2)20-14-8-6-7-12(16)10-14;/h6-8,10,13H,3-5,9,11H2,1-2H3,(H3,17,18,19);1H. The van der Waals surface area contributed by atoms with E-state index in [1.807, 2.05) is 6.92 Å². The number of halogens is 2. The summed E-state index contributed by atoms with van der Waals surface area (Å²) in [5, 5.41) is 3.05. The van der Waals surface area contributed by atoms with Gasteiger partial charge in [0.25, 0.3) is 0 Å². The van der Waals surface area contributed by atoms with Crippen molar-refractivity contribution in [1.29, 1.82) is 0 Å². The van der Waals surface area contributed by atoms with Crippen molar-refractivity contribution in [1.82, 2.24) is 5.32 Å². The summed E-state index contributed by atoms with van der Waals surface area (Å²) in [5.74, 6) is 0.644. The lowest BCUT2D eigenvalue weighted by atomic mass is 10.2. The fraction of sp³-hybridized carbons (Fsp3) is 0.533. The molecule has 0 heterocycles. The van der Waals surface area contributed by atoms with Crippen molar-refractivity contribution in [3.05, 3.63) is 30.1 Å². The monoisotopic (exact) mass is 409 g/mol. The van der Waals surface area contributed by atoms with Crippen molar-refractivity contribution in [3.63, 3.8) is 0 Å². The van der Waals surface area contributed by atoms with Crippen molar-refractivity contribution in [2.24, 2.45) is 10.7 Å². The molecule has 120 valence electrons. The molecule has 0 amide bonds. The molecule has 1 rings (SSSR count). The van der Waals surface area contributed by atoms with Gasteiger partial charge in [-0.1, -0.05) is 26.3 Å². The summed E-state index contributed by atoms with van der Waals surface area (Å²) in [6.07, 6.45) is 2.85. The van der Waals surface area contributed by atoms with E-state index in [9.17, 15) is 4.39 Å². The van der Waals surface area contributed by atoms with Crippen molar-refractivity contribution >= 4 is 29.9 Å². The number of nitrogens with two attached hydrogens (primary N) is 1. The molecule has 1 unspecified atom stereocenters. The summed E-state index contributed by atoms with van der Waals surface area (Å²) >= 11 is 0. The second-order valence-electron chi connectivity index (χ2n) is 4.61. The second-order valence-corrected chi connectivity index (χ2v) is 4.61. The van der Waals surface area contributed by atoms with Crippen LogP contribution in [0.25, 0.3) is 0 Å². The first-order valence-corrected chi connectivity index (χ1v) is 7.11. The van der Waals surface area contributed by atoms with Crippen LogP contribution < -0.4 is 15.8 Å². The molecule has 1 aromatic rings. The van der Waals surface area contributed by atoms with Gasteiger partial charge in [0.2, 0.25) is 0 Å². The molecule has 0 saturated heterocycles. The van der Waals surface area contributed by atoms with Crippen molar-refractivity contribution in [3.8, 4) is 5.75 Å². The average molecular weight is 409 g/mol. The van der Waals surface area contributed by atoms with Crippen LogP contribution in [0.3, 0.4) is 0 Å². The van der Waals surface area contributed by atoms with Crippen molar-refractivity contribution < 1.29 is 9.13 Å². The molecular weight excluding hydrogens is 384 g/mol. The van der Waals surface area contributed by atoms with Gasteiger partial charge in [-0.25, -0.2) is 9.38 Å². The van der Waals surface area contributed by atoms with E-state index in [0.29, 0.717) is 18.3 Å². The Kier molecular flexibility index (Phi) is 11.0. The number of benzene rings is 1. The maximum absolute atomic E-state index is 13.1. The zero-order valence-electron chi connectivity index (χ0n) is 12.6. The molecule has 1 aromatic carbocycles. The van der Waals surface area contributed by atoms with Crippen LogP contribution in [0.2, 0.25) is 0 Å². The smallest absolute Gasteiger partial charge is 0.188 e. The first-order chi connectivity index (χ1) is 9.65. The van der Waals surface area contributed by atoms with Gasteiger partial charge in [-0.15, -0.1) is 24.0 Å². The van der Waals surface area contributed by atoms with E-state index in [-0.39, 0.29) is 35.9 Å². The Labute approximate surface area is 143 Å². The Morgan fingerprint density at radius 1 is 1.43 bits per heavy atom. The largest absolute Gasteiger partial charge is 0.488 e. The molecular formula is C15H25FIN3O. The minimum absolute atomic E-state index is 0. The van der Waals surface area contributed by atoms with Gasteiger partial charge in [0.15, 0.2) is 5.96 Å². The number of aliphatic imine (C=N–C) groups is 1. The summed E-state index contributed by atoms with van der Waals surface area (Å²) in [5.41, 5.74) is 5.76. The zero-order valence-corrected chi connectivity index (χ0v) is 15.0. The molecule has 0 bridgehead atoms.